The fourth-order valence-electron chi connectivity index (χ4n) is 4.44. The monoisotopic (exact) mass is 488 g/mol. The van der Waals surface area contributed by atoms with Crippen LogP contribution in [0, 0.1) is 5.82 Å². The van der Waals surface area contributed by atoms with Crippen LogP contribution in [-0.4, -0.2) is 42.9 Å². The van der Waals surface area contributed by atoms with Gasteiger partial charge in [0, 0.05) is 30.7 Å². The van der Waals surface area contributed by atoms with Crippen molar-refractivity contribution in [3.05, 3.63) is 93.7 Å². The average molecular weight is 489 g/mol. The first-order valence-corrected chi connectivity index (χ1v) is 11.8. The molecule has 0 radical (unpaired) electrons. The Morgan fingerprint density at radius 3 is 2.39 bits per heavy atom. The van der Waals surface area contributed by atoms with E-state index in [0.29, 0.717) is 29.7 Å². The van der Waals surface area contributed by atoms with Crippen molar-refractivity contribution in [1.29, 1.82) is 0 Å². The highest BCUT2D eigenvalue weighted by Gasteiger charge is 2.33. The highest BCUT2D eigenvalue weighted by atomic mass is 35.5. The van der Waals surface area contributed by atoms with E-state index in [9.17, 15) is 9.50 Å². The molecule has 0 amide bonds. The molecule has 7 heteroatoms. The molecule has 33 heavy (non-hydrogen) atoms. The quantitative estimate of drug-likeness (QED) is 0.433. The minimum Gasteiger partial charge on any atom is -0.494 e. The fourth-order valence-corrected chi connectivity index (χ4v) is 4.84. The minimum absolute atomic E-state index is 0.0130. The zero-order chi connectivity index (χ0) is 23.4. The van der Waals surface area contributed by atoms with E-state index in [2.05, 4.69) is 9.80 Å². The van der Waals surface area contributed by atoms with Crippen molar-refractivity contribution in [2.45, 2.75) is 19.0 Å². The molecule has 4 rings (SSSR count). The third-order valence-corrected chi connectivity index (χ3v) is 6.63. The van der Waals surface area contributed by atoms with Gasteiger partial charge in [0.25, 0.3) is 0 Å². The zero-order valence-corrected chi connectivity index (χ0v) is 19.9. The highest BCUT2D eigenvalue weighted by Crippen LogP contribution is 2.39. The summed E-state index contributed by atoms with van der Waals surface area (Å²) in [6.07, 6.45) is 0. The van der Waals surface area contributed by atoms with Crippen LogP contribution in [0.1, 0.15) is 30.1 Å². The number of hydrogen-bond acceptors (Lipinski definition) is 4. The number of piperazine rings is 1. The zero-order valence-electron chi connectivity index (χ0n) is 18.4. The third-order valence-electron chi connectivity index (χ3n) is 6.07. The summed E-state index contributed by atoms with van der Waals surface area (Å²) >= 11 is 12.8. The van der Waals surface area contributed by atoms with Gasteiger partial charge in [-0.3, -0.25) is 4.90 Å². The molecular weight excluding hydrogens is 462 g/mol. The second-order valence-electron chi connectivity index (χ2n) is 8.05. The number of hydrogen-bond donors (Lipinski definition) is 1. The summed E-state index contributed by atoms with van der Waals surface area (Å²) in [7, 11) is 0. The molecule has 1 aliphatic rings. The molecule has 1 aliphatic heterocycles. The van der Waals surface area contributed by atoms with Crippen molar-refractivity contribution in [2.24, 2.45) is 0 Å². The van der Waals surface area contributed by atoms with E-state index in [1.807, 2.05) is 49.4 Å². The fraction of sp³-hybridized carbons (Fsp3) is 0.308. The Morgan fingerprint density at radius 2 is 1.76 bits per heavy atom. The molecule has 1 saturated heterocycles. The summed E-state index contributed by atoms with van der Waals surface area (Å²) in [5, 5.41) is 11.5. The van der Waals surface area contributed by atoms with Crippen LogP contribution in [0.5, 0.6) is 5.75 Å². The van der Waals surface area contributed by atoms with Crippen molar-refractivity contribution >= 4 is 28.9 Å². The summed E-state index contributed by atoms with van der Waals surface area (Å²) in [5.74, 6) is 0.453. The lowest BCUT2D eigenvalue weighted by atomic mass is 9.98. The minimum atomic E-state index is -0.288. The van der Waals surface area contributed by atoms with E-state index in [1.165, 1.54) is 12.1 Å². The molecule has 0 unspecified atom stereocenters. The van der Waals surface area contributed by atoms with Gasteiger partial charge in [-0.2, -0.15) is 0 Å². The van der Waals surface area contributed by atoms with Crippen molar-refractivity contribution in [3.63, 3.8) is 0 Å². The third kappa shape index (κ3) is 5.44. The topological polar surface area (TPSA) is 35.9 Å². The smallest absolute Gasteiger partial charge is 0.123 e. The number of anilines is 1. The van der Waals surface area contributed by atoms with Crippen molar-refractivity contribution < 1.29 is 14.2 Å². The van der Waals surface area contributed by atoms with Crippen molar-refractivity contribution in [2.75, 3.05) is 37.7 Å². The van der Waals surface area contributed by atoms with Crippen molar-refractivity contribution in [1.82, 2.24) is 4.90 Å². The Morgan fingerprint density at radius 1 is 1.03 bits per heavy atom. The van der Waals surface area contributed by atoms with Gasteiger partial charge in [-0.05, 0) is 54.4 Å². The number of rotatable bonds is 7. The lowest BCUT2D eigenvalue weighted by Crippen LogP contribution is -2.50. The SMILES string of the molecule is CCOc1ccc(N2CCN([C@@H](CO)c3ccc(F)cc3)C[C@H]2c2ccc(Cl)cc2)c(Cl)c1. The first kappa shape index (κ1) is 23.8. The second kappa shape index (κ2) is 10.7. The summed E-state index contributed by atoms with van der Waals surface area (Å²) in [6, 6.07) is 19.7. The molecule has 0 bridgehead atoms. The summed E-state index contributed by atoms with van der Waals surface area (Å²) in [6.45, 7) is 4.55. The highest BCUT2D eigenvalue weighted by molar-refractivity contribution is 6.33. The number of halogens is 3. The maximum Gasteiger partial charge on any atom is 0.123 e. The second-order valence-corrected chi connectivity index (χ2v) is 8.90. The van der Waals surface area contributed by atoms with Crippen LogP contribution < -0.4 is 9.64 Å². The molecule has 0 aliphatic carbocycles. The molecule has 1 fully saturated rings. The van der Waals surface area contributed by atoms with Gasteiger partial charge in [-0.1, -0.05) is 47.5 Å². The van der Waals surface area contributed by atoms with E-state index >= 15 is 0 Å². The van der Waals surface area contributed by atoms with Gasteiger partial charge in [-0.15, -0.1) is 0 Å². The largest absolute Gasteiger partial charge is 0.494 e. The van der Waals surface area contributed by atoms with E-state index in [1.54, 1.807) is 12.1 Å². The van der Waals surface area contributed by atoms with E-state index in [-0.39, 0.29) is 24.5 Å². The van der Waals surface area contributed by atoms with Gasteiger partial charge in [0.2, 0.25) is 0 Å². The maximum atomic E-state index is 13.5. The van der Waals surface area contributed by atoms with Crippen LogP contribution in [0.25, 0.3) is 0 Å². The molecule has 3 aromatic rings. The van der Waals surface area contributed by atoms with Gasteiger partial charge in [0.1, 0.15) is 11.6 Å². The van der Waals surface area contributed by atoms with Crippen LogP contribution in [0.4, 0.5) is 10.1 Å². The molecular formula is C26H27Cl2FN2O2. The Hall–Kier alpha value is -2.31. The van der Waals surface area contributed by atoms with E-state index < -0.39 is 0 Å². The molecule has 0 saturated carbocycles. The Bertz CT molecular complexity index is 1060. The number of benzene rings is 3. The standard InChI is InChI=1S/C26H27Cl2FN2O2/c1-2-33-22-11-12-24(23(28)15-22)31-14-13-30(16-25(31)18-3-7-20(27)8-4-18)26(17-32)19-5-9-21(29)10-6-19/h3-12,15,25-26,32H,2,13-14,16-17H2,1H3/t25-,26-/m0/s1. The predicted molar refractivity (Wildman–Crippen MR) is 132 cm³/mol. The predicted octanol–water partition coefficient (Wildman–Crippen LogP) is 6.13. The number of aliphatic hydroxyl groups excluding tert-OH is 1. The van der Waals surface area contributed by atoms with Gasteiger partial charge in [0.15, 0.2) is 0 Å². The molecule has 3 aromatic carbocycles. The van der Waals surface area contributed by atoms with Gasteiger partial charge in [-0.25, -0.2) is 4.39 Å². The lowest BCUT2D eigenvalue weighted by Gasteiger charge is -2.46. The molecule has 1 N–H and O–H groups in total. The Balaban J connectivity index is 1.66. The molecule has 4 nitrogen and oxygen atoms in total. The number of aliphatic hydroxyl groups is 1. The Labute approximate surface area is 204 Å². The maximum absolute atomic E-state index is 13.5. The molecule has 174 valence electrons. The first-order valence-electron chi connectivity index (χ1n) is 11.0. The number of ether oxygens (including phenoxy) is 1. The van der Waals surface area contributed by atoms with Crippen LogP contribution in [0.15, 0.2) is 66.7 Å². The average Bonchev–Trinajstić information content (AvgIpc) is 2.82. The van der Waals surface area contributed by atoms with Gasteiger partial charge >= 0.3 is 0 Å². The van der Waals surface area contributed by atoms with Crippen LogP contribution >= 0.6 is 23.2 Å². The van der Waals surface area contributed by atoms with E-state index in [4.69, 9.17) is 27.9 Å². The van der Waals surface area contributed by atoms with Crippen LogP contribution in [0.3, 0.4) is 0 Å². The summed E-state index contributed by atoms with van der Waals surface area (Å²) in [5.41, 5.74) is 2.92. The first-order chi connectivity index (χ1) is 16.0. The van der Waals surface area contributed by atoms with Gasteiger partial charge < -0.3 is 14.7 Å². The van der Waals surface area contributed by atoms with Crippen molar-refractivity contribution in [3.8, 4) is 5.75 Å². The number of nitrogens with zero attached hydrogens (tertiary/aromatic N) is 2. The van der Waals surface area contributed by atoms with E-state index in [0.717, 1.165) is 29.1 Å². The van der Waals surface area contributed by atoms with Crippen LogP contribution in [-0.2, 0) is 0 Å². The Kier molecular flexibility index (Phi) is 7.76. The van der Waals surface area contributed by atoms with Crippen LogP contribution in [0.2, 0.25) is 10.0 Å². The molecule has 0 spiro atoms. The normalized spacial score (nSPS) is 17.7. The lowest BCUT2D eigenvalue weighted by molar-refractivity contribution is 0.103. The molecule has 1 heterocycles. The summed E-state index contributed by atoms with van der Waals surface area (Å²) < 4.78 is 19.0. The molecule has 0 aromatic heterocycles. The molecule has 2 atom stereocenters. The summed E-state index contributed by atoms with van der Waals surface area (Å²) in [4.78, 5) is 4.53. The van der Waals surface area contributed by atoms with Gasteiger partial charge in [0.05, 0.1) is 36.0 Å².